The van der Waals surface area contributed by atoms with Crippen LogP contribution in [0.1, 0.15) is 24.8 Å². The fraction of sp³-hybridized carbons (Fsp3) is 0.500. The van der Waals surface area contributed by atoms with Crippen molar-refractivity contribution in [1.29, 1.82) is 0 Å². The van der Waals surface area contributed by atoms with Crippen LogP contribution in [-0.2, 0) is 6.54 Å². The van der Waals surface area contributed by atoms with Crippen LogP contribution in [0.2, 0.25) is 0 Å². The van der Waals surface area contributed by atoms with Crippen LogP contribution < -0.4 is 10.1 Å². The van der Waals surface area contributed by atoms with Crippen LogP contribution in [0.5, 0.6) is 11.5 Å². The molecular weight excluding hydrogens is 190 g/mol. The van der Waals surface area contributed by atoms with Crippen molar-refractivity contribution in [2.24, 2.45) is 0 Å². The highest BCUT2D eigenvalue weighted by Gasteiger charge is 2.16. The van der Waals surface area contributed by atoms with E-state index in [1.807, 2.05) is 6.07 Å². The maximum atomic E-state index is 9.64. The molecule has 0 unspecified atom stereocenters. The molecule has 0 spiro atoms. The van der Waals surface area contributed by atoms with E-state index in [1.165, 1.54) is 19.3 Å². The number of benzene rings is 1. The van der Waals surface area contributed by atoms with Crippen molar-refractivity contribution < 1.29 is 9.84 Å². The second-order valence-corrected chi connectivity index (χ2v) is 4.00. The summed E-state index contributed by atoms with van der Waals surface area (Å²) in [4.78, 5) is 0. The molecule has 3 nitrogen and oxygen atoms in total. The van der Waals surface area contributed by atoms with Gasteiger partial charge in [0.15, 0.2) is 0 Å². The predicted octanol–water partition coefficient (Wildman–Crippen LogP) is 2.04. The summed E-state index contributed by atoms with van der Waals surface area (Å²) in [6.45, 7) is 0.716. The average molecular weight is 207 g/mol. The molecule has 82 valence electrons. The molecule has 1 aromatic rings. The zero-order valence-electron chi connectivity index (χ0n) is 8.99. The average Bonchev–Trinajstić information content (AvgIpc) is 2.18. The zero-order chi connectivity index (χ0) is 10.7. The quantitative estimate of drug-likeness (QED) is 0.794. The Kier molecular flexibility index (Phi) is 3.11. The van der Waals surface area contributed by atoms with E-state index >= 15 is 0 Å². The van der Waals surface area contributed by atoms with E-state index in [0.717, 1.165) is 11.3 Å². The smallest absolute Gasteiger partial charge is 0.120 e. The number of hydrogen-bond donors (Lipinski definition) is 2. The molecule has 0 radical (unpaired) electrons. The van der Waals surface area contributed by atoms with E-state index in [-0.39, 0.29) is 0 Å². The molecule has 2 N–H and O–H groups in total. The van der Waals surface area contributed by atoms with Crippen LogP contribution in [0.3, 0.4) is 0 Å². The molecule has 0 heterocycles. The number of phenolic OH excluding ortho intramolecular Hbond substituents is 1. The number of methoxy groups -OCH3 is 1. The second-order valence-electron chi connectivity index (χ2n) is 4.00. The Morgan fingerprint density at radius 3 is 2.87 bits per heavy atom. The van der Waals surface area contributed by atoms with Gasteiger partial charge in [0.2, 0.25) is 0 Å². The van der Waals surface area contributed by atoms with Crippen molar-refractivity contribution in [3.05, 3.63) is 23.8 Å². The monoisotopic (exact) mass is 207 g/mol. The summed E-state index contributed by atoms with van der Waals surface area (Å²) in [6.07, 6.45) is 3.83. The van der Waals surface area contributed by atoms with Crippen molar-refractivity contribution in [3.8, 4) is 11.5 Å². The van der Waals surface area contributed by atoms with Gasteiger partial charge in [-0.2, -0.15) is 0 Å². The van der Waals surface area contributed by atoms with E-state index in [1.54, 1.807) is 19.2 Å². The summed E-state index contributed by atoms with van der Waals surface area (Å²) >= 11 is 0. The topological polar surface area (TPSA) is 41.5 Å². The maximum absolute atomic E-state index is 9.64. The van der Waals surface area contributed by atoms with Gasteiger partial charge in [0, 0.05) is 18.2 Å². The standard InChI is InChI=1S/C12H17NO2/c1-15-11-5-6-12(14)9(7-11)8-13-10-3-2-4-10/h5-7,10,13-14H,2-4,8H2,1H3. The van der Waals surface area contributed by atoms with E-state index < -0.39 is 0 Å². The summed E-state index contributed by atoms with van der Waals surface area (Å²) in [7, 11) is 1.63. The predicted molar refractivity (Wildman–Crippen MR) is 59.1 cm³/mol. The van der Waals surface area contributed by atoms with Crippen LogP contribution in [0.15, 0.2) is 18.2 Å². The third-order valence-corrected chi connectivity index (χ3v) is 2.97. The summed E-state index contributed by atoms with van der Waals surface area (Å²) in [5.74, 6) is 1.13. The van der Waals surface area contributed by atoms with Crippen molar-refractivity contribution >= 4 is 0 Å². The summed E-state index contributed by atoms with van der Waals surface area (Å²) in [5, 5.41) is 13.1. The van der Waals surface area contributed by atoms with Gasteiger partial charge in [-0.05, 0) is 31.0 Å². The normalized spacial score (nSPS) is 16.1. The number of aromatic hydroxyl groups is 1. The molecule has 0 bridgehead atoms. The Morgan fingerprint density at radius 2 is 2.27 bits per heavy atom. The Labute approximate surface area is 90.1 Å². The Balaban J connectivity index is 1.98. The van der Waals surface area contributed by atoms with Crippen LogP contribution in [0, 0.1) is 0 Å². The lowest BCUT2D eigenvalue weighted by atomic mass is 9.93. The molecule has 0 atom stereocenters. The number of rotatable bonds is 4. The minimum absolute atomic E-state index is 0.336. The lowest BCUT2D eigenvalue weighted by Gasteiger charge is -2.26. The van der Waals surface area contributed by atoms with Crippen molar-refractivity contribution in [2.75, 3.05) is 7.11 Å². The Morgan fingerprint density at radius 1 is 1.47 bits per heavy atom. The van der Waals surface area contributed by atoms with Gasteiger partial charge in [-0.1, -0.05) is 6.42 Å². The van der Waals surface area contributed by atoms with E-state index in [9.17, 15) is 5.11 Å². The van der Waals surface area contributed by atoms with Crippen LogP contribution in [0.4, 0.5) is 0 Å². The Bertz CT molecular complexity index is 334. The van der Waals surface area contributed by atoms with Gasteiger partial charge in [0.1, 0.15) is 11.5 Å². The first-order chi connectivity index (χ1) is 7.29. The molecule has 1 fully saturated rings. The van der Waals surface area contributed by atoms with Crippen LogP contribution in [0.25, 0.3) is 0 Å². The van der Waals surface area contributed by atoms with Gasteiger partial charge in [-0.25, -0.2) is 0 Å². The lowest BCUT2D eigenvalue weighted by molar-refractivity contribution is 0.335. The first-order valence-corrected chi connectivity index (χ1v) is 5.39. The van der Waals surface area contributed by atoms with Gasteiger partial charge in [0.05, 0.1) is 7.11 Å². The third kappa shape index (κ3) is 2.42. The Hall–Kier alpha value is -1.22. The minimum Gasteiger partial charge on any atom is -0.508 e. The highest BCUT2D eigenvalue weighted by Crippen LogP contribution is 2.24. The molecular formula is C12H17NO2. The molecule has 3 heteroatoms. The number of nitrogens with one attached hydrogen (secondary N) is 1. The van der Waals surface area contributed by atoms with E-state index in [2.05, 4.69) is 5.32 Å². The number of ether oxygens (including phenoxy) is 1. The number of phenols is 1. The fourth-order valence-corrected chi connectivity index (χ4v) is 1.70. The molecule has 0 aromatic heterocycles. The van der Waals surface area contributed by atoms with Gasteiger partial charge >= 0.3 is 0 Å². The minimum atomic E-state index is 0.336. The molecule has 15 heavy (non-hydrogen) atoms. The molecule has 2 rings (SSSR count). The first-order valence-electron chi connectivity index (χ1n) is 5.39. The molecule has 0 amide bonds. The molecule has 0 aliphatic heterocycles. The fourth-order valence-electron chi connectivity index (χ4n) is 1.70. The summed E-state index contributed by atoms with van der Waals surface area (Å²) in [5.41, 5.74) is 0.904. The number of hydrogen-bond acceptors (Lipinski definition) is 3. The molecule has 1 aliphatic rings. The molecule has 0 saturated heterocycles. The van der Waals surface area contributed by atoms with Crippen molar-refractivity contribution in [1.82, 2.24) is 5.32 Å². The van der Waals surface area contributed by atoms with Crippen LogP contribution >= 0.6 is 0 Å². The van der Waals surface area contributed by atoms with Gasteiger partial charge in [-0.3, -0.25) is 0 Å². The van der Waals surface area contributed by atoms with Gasteiger partial charge in [-0.15, -0.1) is 0 Å². The molecule has 1 aliphatic carbocycles. The zero-order valence-corrected chi connectivity index (χ0v) is 8.99. The van der Waals surface area contributed by atoms with E-state index in [0.29, 0.717) is 18.3 Å². The van der Waals surface area contributed by atoms with Crippen molar-refractivity contribution in [2.45, 2.75) is 31.8 Å². The molecule has 1 aromatic carbocycles. The summed E-state index contributed by atoms with van der Waals surface area (Å²) in [6, 6.07) is 5.95. The first kappa shape index (κ1) is 10.3. The summed E-state index contributed by atoms with van der Waals surface area (Å²) < 4.78 is 5.12. The maximum Gasteiger partial charge on any atom is 0.120 e. The van der Waals surface area contributed by atoms with E-state index in [4.69, 9.17) is 4.74 Å². The lowest BCUT2D eigenvalue weighted by Crippen LogP contribution is -2.34. The van der Waals surface area contributed by atoms with Gasteiger partial charge < -0.3 is 15.2 Å². The molecule has 1 saturated carbocycles. The van der Waals surface area contributed by atoms with Gasteiger partial charge in [0.25, 0.3) is 0 Å². The third-order valence-electron chi connectivity index (χ3n) is 2.97. The second kappa shape index (κ2) is 4.53. The van der Waals surface area contributed by atoms with Crippen molar-refractivity contribution in [3.63, 3.8) is 0 Å². The highest BCUT2D eigenvalue weighted by molar-refractivity contribution is 5.39. The highest BCUT2D eigenvalue weighted by atomic mass is 16.5. The van der Waals surface area contributed by atoms with Crippen LogP contribution in [-0.4, -0.2) is 18.3 Å². The largest absolute Gasteiger partial charge is 0.508 e. The SMILES string of the molecule is COc1ccc(O)c(CNC2CCC2)c1.